The molecule has 2 aromatic rings. The maximum atomic E-state index is 12.8. The topological polar surface area (TPSA) is 46.5 Å². The van der Waals surface area contributed by atoms with Crippen LogP contribution in [0, 0.1) is 5.82 Å². The molecule has 104 valence electrons. The normalized spacial score (nSPS) is 11.9. The van der Waals surface area contributed by atoms with Gasteiger partial charge in [0.25, 0.3) is 0 Å². The number of hydrogen-bond acceptors (Lipinski definition) is 3. The van der Waals surface area contributed by atoms with Gasteiger partial charge in [0.1, 0.15) is 11.6 Å². The number of carbonyl (C=O) groups is 1. The molecule has 3 nitrogen and oxygen atoms in total. The second kappa shape index (κ2) is 6.30. The number of benzene rings is 2. The van der Waals surface area contributed by atoms with E-state index in [-0.39, 0.29) is 18.2 Å². The summed E-state index contributed by atoms with van der Waals surface area (Å²) in [5.41, 5.74) is 1.11. The molecular formula is C16H15FO3. The zero-order valence-corrected chi connectivity index (χ0v) is 11.0. The number of carbonyl (C=O) groups excluding carboxylic acids is 1. The SMILES string of the molecule is CC(Oc1cccc(CO)c1)C(=O)c1ccc(F)cc1. The first-order valence-corrected chi connectivity index (χ1v) is 6.26. The molecule has 1 atom stereocenters. The maximum absolute atomic E-state index is 12.8. The highest BCUT2D eigenvalue weighted by Crippen LogP contribution is 2.17. The van der Waals surface area contributed by atoms with E-state index in [0.29, 0.717) is 16.9 Å². The van der Waals surface area contributed by atoms with Crippen molar-refractivity contribution in [3.05, 3.63) is 65.5 Å². The van der Waals surface area contributed by atoms with Crippen LogP contribution < -0.4 is 4.74 Å². The summed E-state index contributed by atoms with van der Waals surface area (Å²) in [6, 6.07) is 12.2. The van der Waals surface area contributed by atoms with Crippen molar-refractivity contribution in [3.8, 4) is 5.75 Å². The van der Waals surface area contributed by atoms with Gasteiger partial charge in [0.2, 0.25) is 5.78 Å². The van der Waals surface area contributed by atoms with Crippen molar-refractivity contribution in [1.29, 1.82) is 0 Å². The molecule has 20 heavy (non-hydrogen) atoms. The molecule has 1 N–H and O–H groups in total. The Labute approximate surface area is 116 Å². The fourth-order valence-electron chi connectivity index (χ4n) is 1.82. The molecule has 0 aliphatic heterocycles. The molecule has 0 aromatic heterocycles. The first-order chi connectivity index (χ1) is 9.60. The summed E-state index contributed by atoms with van der Waals surface area (Å²) in [5, 5.41) is 9.05. The Kier molecular flexibility index (Phi) is 4.48. The number of aliphatic hydroxyl groups excluding tert-OH is 1. The van der Waals surface area contributed by atoms with E-state index < -0.39 is 6.10 Å². The highest BCUT2D eigenvalue weighted by molar-refractivity contribution is 5.99. The smallest absolute Gasteiger partial charge is 0.202 e. The Morgan fingerprint density at radius 1 is 1.25 bits per heavy atom. The lowest BCUT2D eigenvalue weighted by molar-refractivity contribution is 0.0818. The van der Waals surface area contributed by atoms with Gasteiger partial charge in [-0.2, -0.15) is 0 Å². The third-order valence-electron chi connectivity index (χ3n) is 2.89. The molecule has 1 unspecified atom stereocenters. The molecule has 4 heteroatoms. The van der Waals surface area contributed by atoms with Crippen molar-refractivity contribution >= 4 is 5.78 Å². The van der Waals surface area contributed by atoms with Crippen LogP contribution in [0.2, 0.25) is 0 Å². The van der Waals surface area contributed by atoms with Crippen LogP contribution in [0.25, 0.3) is 0 Å². The van der Waals surface area contributed by atoms with Gasteiger partial charge in [-0.15, -0.1) is 0 Å². The van der Waals surface area contributed by atoms with Crippen LogP contribution in [0.5, 0.6) is 5.75 Å². The molecule has 0 aliphatic carbocycles. The Bertz CT molecular complexity index is 593. The number of hydrogen-bond donors (Lipinski definition) is 1. The van der Waals surface area contributed by atoms with Crippen molar-refractivity contribution in [2.75, 3.05) is 0 Å². The van der Waals surface area contributed by atoms with Gasteiger partial charge >= 0.3 is 0 Å². The summed E-state index contributed by atoms with van der Waals surface area (Å²) >= 11 is 0. The monoisotopic (exact) mass is 274 g/mol. The fourth-order valence-corrected chi connectivity index (χ4v) is 1.82. The number of rotatable bonds is 5. The fraction of sp³-hybridized carbons (Fsp3) is 0.188. The van der Waals surface area contributed by atoms with E-state index in [1.165, 1.54) is 24.3 Å². The second-order valence-electron chi connectivity index (χ2n) is 4.44. The van der Waals surface area contributed by atoms with Crippen LogP contribution in [0.3, 0.4) is 0 Å². The van der Waals surface area contributed by atoms with E-state index in [1.807, 2.05) is 0 Å². The predicted molar refractivity (Wildman–Crippen MR) is 73.2 cm³/mol. The number of Topliss-reactive ketones (excluding diaryl/α,β-unsaturated/α-hetero) is 1. The third-order valence-corrected chi connectivity index (χ3v) is 2.89. The van der Waals surface area contributed by atoms with E-state index in [2.05, 4.69) is 0 Å². The summed E-state index contributed by atoms with van der Waals surface area (Å²) < 4.78 is 18.4. The van der Waals surface area contributed by atoms with Crippen LogP contribution in [-0.2, 0) is 6.61 Å². The van der Waals surface area contributed by atoms with Gasteiger partial charge in [-0.3, -0.25) is 4.79 Å². The largest absolute Gasteiger partial charge is 0.483 e. The summed E-state index contributed by atoms with van der Waals surface area (Å²) in [4.78, 5) is 12.1. The number of ketones is 1. The van der Waals surface area contributed by atoms with Crippen molar-refractivity contribution in [1.82, 2.24) is 0 Å². The summed E-state index contributed by atoms with van der Waals surface area (Å²) in [7, 11) is 0. The average Bonchev–Trinajstić information content (AvgIpc) is 2.47. The van der Waals surface area contributed by atoms with Gasteiger partial charge in [0.05, 0.1) is 6.61 Å². The first kappa shape index (κ1) is 14.2. The maximum Gasteiger partial charge on any atom is 0.202 e. The Morgan fingerprint density at radius 2 is 1.95 bits per heavy atom. The van der Waals surface area contributed by atoms with E-state index >= 15 is 0 Å². The summed E-state index contributed by atoms with van der Waals surface area (Å²) in [6.45, 7) is 1.55. The zero-order valence-electron chi connectivity index (χ0n) is 11.0. The minimum Gasteiger partial charge on any atom is -0.483 e. The lowest BCUT2D eigenvalue weighted by atomic mass is 10.1. The zero-order chi connectivity index (χ0) is 14.5. The molecule has 0 saturated carbocycles. The van der Waals surface area contributed by atoms with Crippen LogP contribution in [0.1, 0.15) is 22.8 Å². The highest BCUT2D eigenvalue weighted by atomic mass is 19.1. The van der Waals surface area contributed by atoms with Crippen molar-refractivity contribution < 1.29 is 19.0 Å². The molecule has 2 aromatic carbocycles. The van der Waals surface area contributed by atoms with E-state index in [9.17, 15) is 9.18 Å². The van der Waals surface area contributed by atoms with Gasteiger partial charge < -0.3 is 9.84 Å². The molecule has 2 rings (SSSR count). The van der Waals surface area contributed by atoms with Crippen molar-refractivity contribution in [2.24, 2.45) is 0 Å². The van der Waals surface area contributed by atoms with Gasteiger partial charge in [-0.1, -0.05) is 12.1 Å². The standard InChI is InChI=1S/C16H15FO3/c1-11(16(19)13-5-7-14(17)8-6-13)20-15-4-2-3-12(9-15)10-18/h2-9,11,18H,10H2,1H3. The van der Waals surface area contributed by atoms with Gasteiger partial charge in [0, 0.05) is 5.56 Å². The van der Waals surface area contributed by atoms with E-state index in [0.717, 1.165) is 0 Å². The van der Waals surface area contributed by atoms with Gasteiger partial charge in [-0.05, 0) is 48.9 Å². The minimum atomic E-state index is -0.686. The molecule has 0 radical (unpaired) electrons. The lowest BCUT2D eigenvalue weighted by Gasteiger charge is -2.14. The number of halogens is 1. The Morgan fingerprint density at radius 3 is 2.60 bits per heavy atom. The van der Waals surface area contributed by atoms with E-state index in [1.54, 1.807) is 31.2 Å². The molecular weight excluding hydrogens is 259 g/mol. The van der Waals surface area contributed by atoms with Crippen molar-refractivity contribution in [3.63, 3.8) is 0 Å². The molecule has 0 fully saturated rings. The van der Waals surface area contributed by atoms with Gasteiger partial charge in [0.15, 0.2) is 6.10 Å². The Hall–Kier alpha value is -2.20. The highest BCUT2D eigenvalue weighted by Gasteiger charge is 2.17. The van der Waals surface area contributed by atoms with E-state index in [4.69, 9.17) is 9.84 Å². The van der Waals surface area contributed by atoms with Crippen LogP contribution in [0.15, 0.2) is 48.5 Å². The second-order valence-corrected chi connectivity index (χ2v) is 4.44. The minimum absolute atomic E-state index is 0.0858. The number of aliphatic hydroxyl groups is 1. The molecule has 0 heterocycles. The molecule has 0 saturated heterocycles. The molecule has 0 bridgehead atoms. The quantitative estimate of drug-likeness (QED) is 0.853. The Balaban J connectivity index is 2.09. The van der Waals surface area contributed by atoms with Crippen LogP contribution in [-0.4, -0.2) is 17.0 Å². The molecule has 0 aliphatic rings. The molecule has 0 amide bonds. The first-order valence-electron chi connectivity index (χ1n) is 6.26. The third kappa shape index (κ3) is 3.42. The summed E-state index contributed by atoms with van der Waals surface area (Å²) in [6.07, 6.45) is -0.686. The predicted octanol–water partition coefficient (Wildman–Crippen LogP) is 2.97. The van der Waals surface area contributed by atoms with Gasteiger partial charge in [-0.25, -0.2) is 4.39 Å². The van der Waals surface area contributed by atoms with Crippen molar-refractivity contribution in [2.45, 2.75) is 19.6 Å². The summed E-state index contributed by atoms with van der Waals surface area (Å²) in [5.74, 6) is -0.0929. The lowest BCUT2D eigenvalue weighted by Crippen LogP contribution is -2.23. The molecule has 0 spiro atoms. The van der Waals surface area contributed by atoms with Crippen LogP contribution >= 0.6 is 0 Å². The number of ether oxygens (including phenoxy) is 1. The van der Waals surface area contributed by atoms with Crippen LogP contribution in [0.4, 0.5) is 4.39 Å². The average molecular weight is 274 g/mol.